The minimum Gasteiger partial charge on any atom is -0.466 e. The van der Waals surface area contributed by atoms with Crippen LogP contribution < -0.4 is 0 Å². The first-order chi connectivity index (χ1) is 6.83. The lowest BCUT2D eigenvalue weighted by molar-refractivity contribution is 0.551. The van der Waals surface area contributed by atoms with E-state index in [1.807, 2.05) is 6.07 Å². The molecule has 0 atom stereocenters. The molecule has 14 heavy (non-hydrogen) atoms. The number of allylic oxidation sites excluding steroid dienone is 2. The molecule has 4 nitrogen and oxygen atoms in total. The average molecular weight is 183 g/mol. The van der Waals surface area contributed by atoms with E-state index in [0.29, 0.717) is 11.3 Å². The van der Waals surface area contributed by atoms with E-state index in [4.69, 9.17) is 21.5 Å². The van der Waals surface area contributed by atoms with Crippen LogP contribution in [0.25, 0.3) is 10.4 Å². The molecule has 1 rings (SSSR count). The molecular formula is C10H5N3O. The van der Waals surface area contributed by atoms with Gasteiger partial charge >= 0.3 is 0 Å². The van der Waals surface area contributed by atoms with Gasteiger partial charge in [-0.15, -0.1) is 0 Å². The van der Waals surface area contributed by atoms with Crippen molar-refractivity contribution in [3.05, 3.63) is 41.3 Å². The number of furan rings is 1. The molecule has 0 unspecified atom stereocenters. The molecule has 0 bridgehead atoms. The van der Waals surface area contributed by atoms with Crippen LogP contribution in [0.15, 0.2) is 28.5 Å². The quantitative estimate of drug-likeness (QED) is 0.522. The zero-order valence-corrected chi connectivity index (χ0v) is 7.19. The van der Waals surface area contributed by atoms with Crippen molar-refractivity contribution >= 4 is 5.57 Å². The van der Waals surface area contributed by atoms with Crippen LogP contribution in [0.5, 0.6) is 0 Å². The molecular weight excluding hydrogens is 178 g/mol. The largest absolute Gasteiger partial charge is 0.466 e. The zero-order chi connectivity index (χ0) is 10.4. The van der Waals surface area contributed by atoms with Gasteiger partial charge in [0.05, 0.1) is 31.4 Å². The van der Waals surface area contributed by atoms with E-state index >= 15 is 0 Å². The highest BCUT2D eigenvalue weighted by molar-refractivity contribution is 5.71. The van der Waals surface area contributed by atoms with Gasteiger partial charge < -0.3 is 4.42 Å². The fourth-order valence-electron chi connectivity index (χ4n) is 0.977. The SMILES string of the molecule is [C-]#[N+]/C(C#N)=C(/CC#N)c1ccco1. The fourth-order valence-corrected chi connectivity index (χ4v) is 0.977. The second-order valence-corrected chi connectivity index (χ2v) is 2.36. The summed E-state index contributed by atoms with van der Waals surface area (Å²) in [6.45, 7) is 6.76. The van der Waals surface area contributed by atoms with Crippen LogP contribution in [-0.2, 0) is 0 Å². The summed E-state index contributed by atoms with van der Waals surface area (Å²) in [5.41, 5.74) is 0.247. The number of nitriles is 2. The highest BCUT2D eigenvalue weighted by Gasteiger charge is 2.11. The summed E-state index contributed by atoms with van der Waals surface area (Å²) in [5.74, 6) is 0.402. The van der Waals surface area contributed by atoms with E-state index in [2.05, 4.69) is 4.85 Å². The number of nitrogens with zero attached hydrogens (tertiary/aromatic N) is 3. The molecule has 66 valence electrons. The van der Waals surface area contributed by atoms with Crippen molar-refractivity contribution in [2.24, 2.45) is 0 Å². The third-order valence-electron chi connectivity index (χ3n) is 1.58. The fraction of sp³-hybridized carbons (Fsp3) is 0.100. The molecule has 0 aliphatic carbocycles. The lowest BCUT2D eigenvalue weighted by atomic mass is 10.1. The normalized spacial score (nSPS) is 10.6. The van der Waals surface area contributed by atoms with E-state index in [1.54, 1.807) is 18.2 Å². The first-order valence-corrected chi connectivity index (χ1v) is 3.75. The molecule has 0 aliphatic heterocycles. The predicted octanol–water partition coefficient (Wildman–Crippen LogP) is 2.35. The second kappa shape index (κ2) is 4.50. The number of rotatable bonds is 2. The van der Waals surface area contributed by atoms with Gasteiger partial charge in [-0.2, -0.15) is 5.26 Å². The maximum Gasteiger partial charge on any atom is 0.269 e. The van der Waals surface area contributed by atoms with Crippen LogP contribution in [0.2, 0.25) is 0 Å². The lowest BCUT2D eigenvalue weighted by Crippen LogP contribution is -1.84. The van der Waals surface area contributed by atoms with Gasteiger partial charge in [-0.1, -0.05) is 0 Å². The van der Waals surface area contributed by atoms with Crippen molar-refractivity contribution in [2.45, 2.75) is 6.42 Å². The summed E-state index contributed by atoms with van der Waals surface area (Å²) >= 11 is 0. The standard InChI is InChI=1S/C10H5N3O/c1-13-9(7-12)8(4-5-11)10-3-2-6-14-10/h2-3,6H,4H2/b9-8-. The van der Waals surface area contributed by atoms with E-state index in [1.165, 1.54) is 6.26 Å². The summed E-state index contributed by atoms with van der Waals surface area (Å²) in [5, 5.41) is 17.2. The van der Waals surface area contributed by atoms with Crippen LogP contribution in [-0.4, -0.2) is 0 Å². The van der Waals surface area contributed by atoms with E-state index in [0.717, 1.165) is 0 Å². The van der Waals surface area contributed by atoms with Gasteiger partial charge in [-0.05, 0) is 12.1 Å². The molecule has 0 amide bonds. The van der Waals surface area contributed by atoms with Crippen molar-refractivity contribution in [3.8, 4) is 12.1 Å². The second-order valence-electron chi connectivity index (χ2n) is 2.36. The third kappa shape index (κ3) is 1.80. The van der Waals surface area contributed by atoms with E-state index in [9.17, 15) is 0 Å². The first-order valence-electron chi connectivity index (χ1n) is 3.75. The number of hydrogen-bond acceptors (Lipinski definition) is 3. The van der Waals surface area contributed by atoms with Crippen molar-refractivity contribution < 1.29 is 4.42 Å². The van der Waals surface area contributed by atoms with Crippen molar-refractivity contribution in [1.29, 1.82) is 10.5 Å². The Bertz CT molecular complexity index is 447. The zero-order valence-electron chi connectivity index (χ0n) is 7.19. The van der Waals surface area contributed by atoms with Gasteiger partial charge in [0.1, 0.15) is 5.76 Å². The molecule has 0 aromatic carbocycles. The van der Waals surface area contributed by atoms with E-state index < -0.39 is 0 Å². The minimum atomic E-state index is -0.0958. The van der Waals surface area contributed by atoms with Crippen LogP contribution in [0.4, 0.5) is 0 Å². The average Bonchev–Trinajstić information content (AvgIpc) is 2.71. The molecule has 0 saturated heterocycles. The molecule has 4 heteroatoms. The van der Waals surface area contributed by atoms with Gasteiger partial charge in [0.25, 0.3) is 5.70 Å². The molecule has 0 saturated carbocycles. The molecule has 0 spiro atoms. The Balaban J connectivity index is 3.24. The molecule has 0 radical (unpaired) electrons. The Kier molecular flexibility index (Phi) is 3.08. The van der Waals surface area contributed by atoms with Crippen LogP contribution in [0, 0.1) is 29.2 Å². The molecule has 1 aromatic heterocycles. The summed E-state index contributed by atoms with van der Waals surface area (Å²) < 4.78 is 5.03. The Morgan fingerprint density at radius 3 is 2.79 bits per heavy atom. The van der Waals surface area contributed by atoms with Gasteiger partial charge in [-0.3, -0.25) is 0 Å². The Hall–Kier alpha value is -2.51. The van der Waals surface area contributed by atoms with Gasteiger partial charge in [-0.25, -0.2) is 10.1 Å². The van der Waals surface area contributed by atoms with Gasteiger partial charge in [0.15, 0.2) is 0 Å². The first kappa shape index (κ1) is 9.58. The van der Waals surface area contributed by atoms with Crippen LogP contribution >= 0.6 is 0 Å². The molecule has 1 heterocycles. The molecule has 0 N–H and O–H groups in total. The Morgan fingerprint density at radius 2 is 2.36 bits per heavy atom. The lowest BCUT2D eigenvalue weighted by Gasteiger charge is -1.97. The topological polar surface area (TPSA) is 65.1 Å². The summed E-state index contributed by atoms with van der Waals surface area (Å²) in [6.07, 6.45) is 1.43. The van der Waals surface area contributed by atoms with Crippen molar-refractivity contribution in [1.82, 2.24) is 0 Å². The predicted molar refractivity (Wildman–Crippen MR) is 48.1 cm³/mol. The molecule has 0 fully saturated rings. The number of hydrogen-bond donors (Lipinski definition) is 0. The Labute approximate surface area is 81.1 Å². The van der Waals surface area contributed by atoms with Crippen LogP contribution in [0.3, 0.4) is 0 Å². The van der Waals surface area contributed by atoms with Crippen molar-refractivity contribution in [3.63, 3.8) is 0 Å². The maximum atomic E-state index is 8.65. The van der Waals surface area contributed by atoms with E-state index in [-0.39, 0.29) is 12.1 Å². The highest BCUT2D eigenvalue weighted by atomic mass is 16.3. The van der Waals surface area contributed by atoms with Crippen molar-refractivity contribution in [2.75, 3.05) is 0 Å². The summed E-state index contributed by atoms with van der Waals surface area (Å²) in [6, 6.07) is 6.90. The van der Waals surface area contributed by atoms with Crippen LogP contribution in [0.1, 0.15) is 12.2 Å². The highest BCUT2D eigenvalue weighted by Crippen LogP contribution is 2.22. The molecule has 0 aliphatic rings. The van der Waals surface area contributed by atoms with Gasteiger partial charge in [0, 0.05) is 5.57 Å². The molecule has 1 aromatic rings. The Morgan fingerprint density at radius 1 is 1.57 bits per heavy atom. The summed E-state index contributed by atoms with van der Waals surface area (Å²) in [7, 11) is 0. The van der Waals surface area contributed by atoms with Gasteiger partial charge in [0.2, 0.25) is 0 Å². The monoisotopic (exact) mass is 183 g/mol. The maximum absolute atomic E-state index is 8.65. The minimum absolute atomic E-state index is 0.00120. The summed E-state index contributed by atoms with van der Waals surface area (Å²) in [4.78, 5) is 3.04. The smallest absolute Gasteiger partial charge is 0.269 e. The third-order valence-corrected chi connectivity index (χ3v) is 1.58.